The molecule has 2 N–H and O–H groups in total. The fraction of sp³-hybridized carbons (Fsp3) is 0.429. The smallest absolute Gasteiger partial charge is 0.0947 e. The van der Waals surface area contributed by atoms with Crippen LogP contribution in [-0.4, -0.2) is 18.0 Å². The normalized spacial score (nSPS) is 14.8. The minimum absolute atomic E-state index is 0.0895. The van der Waals surface area contributed by atoms with Crippen molar-refractivity contribution in [2.24, 2.45) is 5.73 Å². The summed E-state index contributed by atoms with van der Waals surface area (Å²) in [7, 11) is 2.08. The summed E-state index contributed by atoms with van der Waals surface area (Å²) < 4.78 is 5.92. The Morgan fingerprint density at radius 1 is 1.42 bits per heavy atom. The molecule has 0 aliphatic carbocycles. The van der Waals surface area contributed by atoms with Crippen LogP contribution in [0.1, 0.15) is 29.8 Å². The summed E-state index contributed by atoms with van der Waals surface area (Å²) >= 11 is 7.64. The molecule has 3 nitrogen and oxygen atoms in total. The maximum Gasteiger partial charge on any atom is 0.0947 e. The van der Waals surface area contributed by atoms with Crippen molar-refractivity contribution in [1.29, 1.82) is 0 Å². The zero-order valence-corrected chi connectivity index (χ0v) is 12.7. The first-order valence-electron chi connectivity index (χ1n) is 6.34. The van der Waals surface area contributed by atoms with Crippen molar-refractivity contribution >= 4 is 22.9 Å². The van der Waals surface area contributed by atoms with E-state index < -0.39 is 0 Å². The Bertz CT molecular complexity index is 497. The number of rotatable bonds is 6. The third-order valence-corrected chi connectivity index (χ3v) is 4.55. The van der Waals surface area contributed by atoms with Crippen molar-refractivity contribution in [3.05, 3.63) is 45.5 Å². The summed E-state index contributed by atoms with van der Waals surface area (Å²) in [6, 6.07) is 6.25. The summed E-state index contributed by atoms with van der Waals surface area (Å²) in [5.41, 5.74) is 7.44. The average Bonchev–Trinajstić information content (AvgIpc) is 3.01. The predicted molar refractivity (Wildman–Crippen MR) is 80.5 cm³/mol. The van der Waals surface area contributed by atoms with Crippen LogP contribution in [0.25, 0.3) is 0 Å². The molecule has 5 heteroatoms. The number of nitrogens with zero attached hydrogens (tertiary/aromatic N) is 1. The zero-order valence-electron chi connectivity index (χ0n) is 11.2. The summed E-state index contributed by atoms with van der Waals surface area (Å²) in [5, 5.41) is 0. The van der Waals surface area contributed by atoms with Gasteiger partial charge in [0, 0.05) is 23.0 Å². The molecule has 0 bridgehead atoms. The first-order valence-corrected chi connectivity index (χ1v) is 7.53. The van der Waals surface area contributed by atoms with E-state index in [1.807, 2.05) is 12.1 Å². The van der Waals surface area contributed by atoms with Crippen LogP contribution in [-0.2, 0) is 6.54 Å². The lowest BCUT2D eigenvalue weighted by Crippen LogP contribution is -2.38. The predicted octanol–water partition coefficient (Wildman–Crippen LogP) is 3.90. The number of halogens is 1. The van der Waals surface area contributed by atoms with E-state index in [4.69, 9.17) is 21.8 Å². The van der Waals surface area contributed by atoms with Crippen LogP contribution >= 0.6 is 22.9 Å². The van der Waals surface area contributed by atoms with Crippen LogP contribution in [0.2, 0.25) is 4.34 Å². The molecule has 0 fully saturated rings. The molecule has 2 unspecified atom stereocenters. The lowest BCUT2D eigenvalue weighted by Gasteiger charge is -2.31. The molecule has 0 saturated heterocycles. The Balaban J connectivity index is 2.17. The molecule has 0 aliphatic heterocycles. The van der Waals surface area contributed by atoms with E-state index in [-0.39, 0.29) is 12.1 Å². The second kappa shape index (κ2) is 6.57. The van der Waals surface area contributed by atoms with Gasteiger partial charge in [-0.2, -0.15) is 0 Å². The summed E-state index contributed by atoms with van der Waals surface area (Å²) in [6.45, 7) is 2.92. The molecule has 2 aromatic rings. The van der Waals surface area contributed by atoms with E-state index in [1.54, 1.807) is 23.9 Å². The van der Waals surface area contributed by atoms with Gasteiger partial charge >= 0.3 is 0 Å². The standard InChI is InChI=1S/C14H19ClN2OS/c1-3-11(16)14(12-4-5-13(15)19-12)17(2)8-10-6-7-18-9-10/h4-7,9,11,14H,3,8,16H2,1-2H3. The number of hydrogen-bond acceptors (Lipinski definition) is 4. The number of thiophene rings is 1. The van der Waals surface area contributed by atoms with Crippen LogP contribution < -0.4 is 5.73 Å². The highest BCUT2D eigenvalue weighted by Gasteiger charge is 2.24. The Morgan fingerprint density at radius 2 is 2.21 bits per heavy atom. The highest BCUT2D eigenvalue weighted by atomic mass is 35.5. The SMILES string of the molecule is CCC(N)C(c1ccc(Cl)s1)N(C)Cc1ccoc1. The zero-order chi connectivity index (χ0) is 13.8. The molecule has 0 spiro atoms. The molecule has 0 aromatic carbocycles. The lowest BCUT2D eigenvalue weighted by atomic mass is 10.0. The Hall–Kier alpha value is -0.810. The van der Waals surface area contributed by atoms with Gasteiger partial charge in [-0.1, -0.05) is 18.5 Å². The third-order valence-electron chi connectivity index (χ3n) is 3.25. The number of nitrogens with two attached hydrogens (primary N) is 1. The first kappa shape index (κ1) is 14.6. The van der Waals surface area contributed by atoms with Gasteiger partial charge in [0.2, 0.25) is 0 Å². The van der Waals surface area contributed by atoms with Crippen LogP contribution in [0.4, 0.5) is 0 Å². The largest absolute Gasteiger partial charge is 0.472 e. The van der Waals surface area contributed by atoms with E-state index in [0.29, 0.717) is 0 Å². The molecule has 104 valence electrons. The Labute approximate surface area is 123 Å². The van der Waals surface area contributed by atoms with Crippen LogP contribution in [0.3, 0.4) is 0 Å². The highest BCUT2D eigenvalue weighted by Crippen LogP contribution is 2.33. The second-order valence-corrected chi connectivity index (χ2v) is 6.45. The molecule has 0 aliphatic rings. The average molecular weight is 299 g/mol. The first-order chi connectivity index (χ1) is 9.11. The number of hydrogen-bond donors (Lipinski definition) is 1. The molecule has 19 heavy (non-hydrogen) atoms. The fourth-order valence-electron chi connectivity index (χ4n) is 2.23. The fourth-order valence-corrected chi connectivity index (χ4v) is 3.54. The van der Waals surface area contributed by atoms with Crippen LogP contribution in [0, 0.1) is 0 Å². The van der Waals surface area contributed by atoms with Gasteiger partial charge in [-0.05, 0) is 31.7 Å². The van der Waals surface area contributed by atoms with Crippen molar-refractivity contribution in [3.63, 3.8) is 0 Å². The van der Waals surface area contributed by atoms with Gasteiger partial charge in [-0.3, -0.25) is 4.90 Å². The van der Waals surface area contributed by atoms with E-state index in [9.17, 15) is 0 Å². The van der Waals surface area contributed by atoms with Crippen LogP contribution in [0.15, 0.2) is 35.1 Å². The summed E-state index contributed by atoms with van der Waals surface area (Å²) in [6.07, 6.45) is 4.39. The Kier molecular flexibility index (Phi) is 5.05. The molecule has 2 rings (SSSR count). The van der Waals surface area contributed by atoms with E-state index in [1.165, 1.54) is 4.88 Å². The summed E-state index contributed by atoms with van der Waals surface area (Å²) in [4.78, 5) is 3.46. The maximum atomic E-state index is 6.29. The van der Waals surface area contributed by atoms with Gasteiger partial charge in [0.05, 0.1) is 22.9 Å². The topological polar surface area (TPSA) is 42.4 Å². The van der Waals surface area contributed by atoms with Crippen LogP contribution in [0.5, 0.6) is 0 Å². The van der Waals surface area contributed by atoms with Crippen molar-refractivity contribution in [1.82, 2.24) is 4.90 Å². The number of furan rings is 1. The number of likely N-dealkylation sites (N-methyl/N-ethyl adjacent to an activating group) is 1. The molecule has 2 aromatic heterocycles. The Morgan fingerprint density at radius 3 is 2.74 bits per heavy atom. The van der Waals surface area contributed by atoms with Crippen molar-refractivity contribution in [2.45, 2.75) is 32.0 Å². The lowest BCUT2D eigenvalue weighted by molar-refractivity contribution is 0.204. The molecule has 0 saturated carbocycles. The summed E-state index contributed by atoms with van der Waals surface area (Å²) in [5.74, 6) is 0. The van der Waals surface area contributed by atoms with Gasteiger partial charge in [0.25, 0.3) is 0 Å². The van der Waals surface area contributed by atoms with E-state index in [0.717, 1.165) is 22.9 Å². The van der Waals surface area contributed by atoms with Crippen molar-refractivity contribution < 1.29 is 4.42 Å². The van der Waals surface area contributed by atoms with Gasteiger partial charge in [0.15, 0.2) is 0 Å². The molecule has 0 radical (unpaired) electrons. The molecule has 0 amide bonds. The van der Waals surface area contributed by atoms with Gasteiger partial charge in [0.1, 0.15) is 0 Å². The monoisotopic (exact) mass is 298 g/mol. The molecule has 2 atom stereocenters. The third kappa shape index (κ3) is 3.60. The van der Waals surface area contributed by atoms with Crippen molar-refractivity contribution in [3.8, 4) is 0 Å². The van der Waals surface area contributed by atoms with Gasteiger partial charge in [-0.25, -0.2) is 0 Å². The minimum atomic E-state index is 0.0895. The quantitative estimate of drug-likeness (QED) is 0.879. The minimum Gasteiger partial charge on any atom is -0.472 e. The van der Waals surface area contributed by atoms with E-state index >= 15 is 0 Å². The highest BCUT2D eigenvalue weighted by molar-refractivity contribution is 7.16. The van der Waals surface area contributed by atoms with E-state index in [2.05, 4.69) is 24.9 Å². The second-order valence-electron chi connectivity index (χ2n) is 4.71. The maximum absolute atomic E-state index is 6.29. The van der Waals surface area contributed by atoms with Gasteiger partial charge < -0.3 is 10.2 Å². The van der Waals surface area contributed by atoms with Crippen molar-refractivity contribution in [2.75, 3.05) is 7.05 Å². The molecule has 2 heterocycles. The molecular weight excluding hydrogens is 280 g/mol. The molecular formula is C14H19ClN2OS. The van der Waals surface area contributed by atoms with Gasteiger partial charge in [-0.15, -0.1) is 11.3 Å².